The molecule has 0 bridgehead atoms. The molecule has 1 heterocycles. The molecular weight excluding hydrogens is 316 g/mol. The average molecular weight is 339 g/mol. The molecule has 0 fully saturated rings. The Balaban J connectivity index is 2.06. The van der Waals surface area contributed by atoms with Crippen molar-refractivity contribution in [3.05, 3.63) is 30.0 Å². The number of alkyl halides is 2. The van der Waals surface area contributed by atoms with Crippen molar-refractivity contribution in [2.75, 3.05) is 6.61 Å². The third-order valence-electron chi connectivity index (χ3n) is 3.94. The van der Waals surface area contributed by atoms with Crippen LogP contribution in [0.25, 0.3) is 10.9 Å². The molecule has 0 unspecified atom stereocenters. The second kappa shape index (κ2) is 8.66. The molecule has 0 radical (unpaired) electrons. The van der Waals surface area contributed by atoms with Gasteiger partial charge in [-0.05, 0) is 30.9 Å². The highest BCUT2D eigenvalue weighted by atomic mass is 19.3. The van der Waals surface area contributed by atoms with Crippen molar-refractivity contribution in [1.82, 2.24) is 4.98 Å². The number of halogens is 2. The Morgan fingerprint density at radius 3 is 2.54 bits per heavy atom. The van der Waals surface area contributed by atoms with E-state index in [2.05, 4.69) is 23.6 Å². The fourth-order valence-corrected chi connectivity index (χ4v) is 2.85. The number of fused-ring (bicyclic) bond motifs is 1. The zero-order chi connectivity index (χ0) is 17.5. The fourth-order valence-electron chi connectivity index (χ4n) is 2.85. The quantitative estimate of drug-likeness (QED) is 0.643. The van der Waals surface area contributed by atoms with Crippen molar-refractivity contribution in [2.45, 2.75) is 46.1 Å². The van der Waals surface area contributed by atoms with Crippen LogP contribution in [0.4, 0.5) is 8.78 Å². The fraction of sp³-hybridized carbons (Fsp3) is 0.500. The van der Waals surface area contributed by atoms with Crippen LogP contribution in [0, 0.1) is 5.92 Å². The van der Waals surface area contributed by atoms with E-state index in [0.717, 1.165) is 25.7 Å². The Morgan fingerprint density at radius 2 is 1.92 bits per heavy atom. The highest BCUT2D eigenvalue weighted by molar-refractivity contribution is 6.04. The molecule has 1 N–H and O–H groups in total. The second-order valence-electron chi connectivity index (χ2n) is 5.83. The van der Waals surface area contributed by atoms with E-state index in [0.29, 0.717) is 29.0 Å². The summed E-state index contributed by atoms with van der Waals surface area (Å²) in [7, 11) is 0. The first-order chi connectivity index (χ1) is 11.5. The van der Waals surface area contributed by atoms with Crippen molar-refractivity contribution in [1.29, 1.82) is 0 Å². The van der Waals surface area contributed by atoms with E-state index in [1.165, 1.54) is 18.3 Å². The Morgan fingerprint density at radius 1 is 1.21 bits per heavy atom. The van der Waals surface area contributed by atoms with Crippen molar-refractivity contribution < 1.29 is 23.0 Å². The molecule has 0 atom stereocenters. The molecule has 0 amide bonds. The van der Waals surface area contributed by atoms with Gasteiger partial charge in [-0.15, -0.1) is 0 Å². The number of carbonyl (C=O) groups excluding carboxylic acids is 1. The van der Waals surface area contributed by atoms with Gasteiger partial charge in [0.05, 0.1) is 12.2 Å². The lowest BCUT2D eigenvalue weighted by Gasteiger charge is -2.15. The predicted octanol–water partition coefficient (Wildman–Crippen LogP) is 5.14. The number of esters is 1. The number of hydrogen-bond donors (Lipinski definition) is 1. The highest BCUT2D eigenvalue weighted by Crippen LogP contribution is 2.25. The Labute approximate surface area is 140 Å². The Kier molecular flexibility index (Phi) is 6.58. The number of benzene rings is 1. The Hall–Kier alpha value is -2.11. The van der Waals surface area contributed by atoms with Gasteiger partial charge in [-0.3, -0.25) is 0 Å². The van der Waals surface area contributed by atoms with Gasteiger partial charge < -0.3 is 14.5 Å². The topological polar surface area (TPSA) is 51.3 Å². The third kappa shape index (κ3) is 4.69. The summed E-state index contributed by atoms with van der Waals surface area (Å²) in [5, 5.41) is 0.629. The molecule has 6 heteroatoms. The van der Waals surface area contributed by atoms with Gasteiger partial charge in [0.1, 0.15) is 5.75 Å². The van der Waals surface area contributed by atoms with Crippen LogP contribution in [0.3, 0.4) is 0 Å². The van der Waals surface area contributed by atoms with Gasteiger partial charge in [0.25, 0.3) is 0 Å². The maximum Gasteiger partial charge on any atom is 0.387 e. The van der Waals surface area contributed by atoms with Crippen LogP contribution in [0.1, 0.15) is 49.9 Å². The van der Waals surface area contributed by atoms with E-state index < -0.39 is 12.6 Å². The van der Waals surface area contributed by atoms with Crippen LogP contribution in [-0.2, 0) is 4.74 Å². The lowest BCUT2D eigenvalue weighted by molar-refractivity contribution is -0.0497. The lowest BCUT2D eigenvalue weighted by Crippen LogP contribution is -2.14. The van der Waals surface area contributed by atoms with E-state index in [4.69, 9.17) is 4.74 Å². The number of aromatic nitrogens is 1. The van der Waals surface area contributed by atoms with Gasteiger partial charge in [0, 0.05) is 23.2 Å². The first-order valence-electron chi connectivity index (χ1n) is 8.28. The molecule has 24 heavy (non-hydrogen) atoms. The van der Waals surface area contributed by atoms with Gasteiger partial charge >= 0.3 is 12.6 Å². The number of H-pyrrole nitrogens is 1. The minimum Gasteiger partial charge on any atom is -0.462 e. The number of carbonyl (C=O) groups is 1. The molecule has 0 spiro atoms. The highest BCUT2D eigenvalue weighted by Gasteiger charge is 2.17. The SMILES string of the molecule is CCCC(CCC)COC(=O)c1c[nH]c2cc(OC(F)F)ccc12. The van der Waals surface area contributed by atoms with Gasteiger partial charge in [-0.2, -0.15) is 8.78 Å². The van der Waals surface area contributed by atoms with Crippen molar-refractivity contribution in [2.24, 2.45) is 5.92 Å². The van der Waals surface area contributed by atoms with Crippen LogP contribution in [0.2, 0.25) is 0 Å². The van der Waals surface area contributed by atoms with Crippen molar-refractivity contribution in [3.8, 4) is 5.75 Å². The van der Waals surface area contributed by atoms with Crippen LogP contribution >= 0.6 is 0 Å². The van der Waals surface area contributed by atoms with Gasteiger partial charge in [-0.25, -0.2) is 4.79 Å². The van der Waals surface area contributed by atoms with E-state index in [1.807, 2.05) is 0 Å². The van der Waals surface area contributed by atoms with Crippen LogP contribution in [-0.4, -0.2) is 24.2 Å². The van der Waals surface area contributed by atoms with Crippen molar-refractivity contribution in [3.63, 3.8) is 0 Å². The summed E-state index contributed by atoms with van der Waals surface area (Å²) >= 11 is 0. The van der Waals surface area contributed by atoms with E-state index in [1.54, 1.807) is 6.07 Å². The second-order valence-corrected chi connectivity index (χ2v) is 5.83. The first kappa shape index (κ1) is 18.2. The molecule has 4 nitrogen and oxygen atoms in total. The maximum atomic E-state index is 12.3. The Bertz CT molecular complexity index is 663. The summed E-state index contributed by atoms with van der Waals surface area (Å²) < 4.78 is 34.3. The normalized spacial score (nSPS) is 11.4. The van der Waals surface area contributed by atoms with E-state index in [-0.39, 0.29) is 5.75 Å². The summed E-state index contributed by atoms with van der Waals surface area (Å²) in [5.74, 6) is 0.0198. The summed E-state index contributed by atoms with van der Waals surface area (Å²) in [4.78, 5) is 15.2. The van der Waals surface area contributed by atoms with Crippen LogP contribution in [0.15, 0.2) is 24.4 Å². The molecule has 132 valence electrons. The van der Waals surface area contributed by atoms with Gasteiger partial charge in [0.15, 0.2) is 0 Å². The third-order valence-corrected chi connectivity index (χ3v) is 3.94. The first-order valence-corrected chi connectivity index (χ1v) is 8.28. The van der Waals surface area contributed by atoms with Crippen LogP contribution in [0.5, 0.6) is 5.75 Å². The number of nitrogens with one attached hydrogen (secondary N) is 1. The van der Waals surface area contributed by atoms with Crippen molar-refractivity contribution >= 4 is 16.9 Å². The molecular formula is C18H23F2NO3. The number of rotatable bonds is 9. The monoisotopic (exact) mass is 339 g/mol. The zero-order valence-corrected chi connectivity index (χ0v) is 14.0. The molecule has 2 rings (SSSR count). The average Bonchev–Trinajstić information content (AvgIpc) is 2.95. The number of aromatic amines is 1. The molecule has 1 aromatic carbocycles. The molecule has 0 aliphatic carbocycles. The zero-order valence-electron chi connectivity index (χ0n) is 14.0. The summed E-state index contributed by atoms with van der Waals surface area (Å²) in [6, 6.07) is 4.43. The molecule has 0 aliphatic rings. The minimum absolute atomic E-state index is 0.0465. The van der Waals surface area contributed by atoms with E-state index in [9.17, 15) is 13.6 Å². The number of hydrogen-bond acceptors (Lipinski definition) is 3. The lowest BCUT2D eigenvalue weighted by atomic mass is 9.99. The van der Waals surface area contributed by atoms with Crippen LogP contribution < -0.4 is 4.74 Å². The smallest absolute Gasteiger partial charge is 0.387 e. The predicted molar refractivity (Wildman–Crippen MR) is 88.5 cm³/mol. The minimum atomic E-state index is -2.88. The molecule has 0 aliphatic heterocycles. The van der Waals surface area contributed by atoms with Gasteiger partial charge in [-0.1, -0.05) is 26.7 Å². The molecule has 1 aromatic heterocycles. The standard InChI is InChI=1S/C18H23F2NO3/c1-3-5-12(6-4-2)11-23-17(22)15-10-21-16-9-13(24-18(19)20)7-8-14(15)16/h7-10,12,18,21H,3-6,11H2,1-2H3. The summed E-state index contributed by atoms with van der Waals surface area (Å²) in [6.45, 7) is 1.75. The largest absolute Gasteiger partial charge is 0.462 e. The molecule has 0 saturated carbocycles. The molecule has 0 saturated heterocycles. The van der Waals surface area contributed by atoms with Gasteiger partial charge in [0.2, 0.25) is 0 Å². The molecule has 2 aromatic rings. The van der Waals surface area contributed by atoms with E-state index >= 15 is 0 Å². The maximum absolute atomic E-state index is 12.3. The number of ether oxygens (including phenoxy) is 2. The summed E-state index contributed by atoms with van der Waals surface area (Å²) in [6.07, 6.45) is 5.71. The summed E-state index contributed by atoms with van der Waals surface area (Å²) in [5.41, 5.74) is 0.958.